The van der Waals surface area contributed by atoms with Crippen LogP contribution in [-0.4, -0.2) is 34.5 Å². The Balaban J connectivity index is 1.50. The van der Waals surface area contributed by atoms with Crippen LogP contribution in [0.5, 0.6) is 0 Å². The van der Waals surface area contributed by atoms with Crippen LogP contribution in [0, 0.1) is 17.2 Å². The molecule has 2 unspecified atom stereocenters. The average Bonchev–Trinajstić information content (AvgIpc) is 3.18. The second kappa shape index (κ2) is 9.44. The van der Waals surface area contributed by atoms with Crippen molar-refractivity contribution in [2.45, 2.75) is 12.5 Å². The smallest absolute Gasteiger partial charge is 0.222 e. The van der Waals surface area contributed by atoms with Gasteiger partial charge < -0.3 is 5.32 Å². The summed E-state index contributed by atoms with van der Waals surface area (Å²) in [7, 11) is 0. The molecule has 2 heterocycles. The topological polar surface area (TPSA) is 64.8 Å². The van der Waals surface area contributed by atoms with Crippen LogP contribution in [0.25, 0.3) is 0 Å². The quantitative estimate of drug-likeness (QED) is 0.588. The van der Waals surface area contributed by atoms with Crippen molar-refractivity contribution < 1.29 is 0 Å². The van der Waals surface area contributed by atoms with E-state index in [2.05, 4.69) is 50.5 Å². The van der Waals surface area contributed by atoms with Crippen molar-refractivity contribution in [1.82, 2.24) is 14.9 Å². The van der Waals surface area contributed by atoms with Crippen molar-refractivity contribution in [3.05, 3.63) is 87.7 Å². The van der Waals surface area contributed by atoms with Gasteiger partial charge in [-0.3, -0.25) is 4.90 Å². The van der Waals surface area contributed by atoms with Crippen molar-refractivity contribution in [1.29, 1.82) is 5.26 Å². The fraction of sp³-hybridized carbons (Fsp3) is 0.261. The Hall–Kier alpha value is -2.65. The normalized spacial score (nSPS) is 18.8. The molecule has 0 radical (unpaired) electrons. The molecule has 1 aromatic heterocycles. The van der Waals surface area contributed by atoms with E-state index in [0.717, 1.165) is 26.2 Å². The van der Waals surface area contributed by atoms with E-state index in [1.54, 1.807) is 0 Å². The van der Waals surface area contributed by atoms with E-state index in [9.17, 15) is 0 Å². The zero-order valence-electron chi connectivity index (χ0n) is 16.3. The summed E-state index contributed by atoms with van der Waals surface area (Å²) < 4.78 is 0. The summed E-state index contributed by atoms with van der Waals surface area (Å²) in [6, 6.07) is 18.4. The number of rotatable bonds is 6. The van der Waals surface area contributed by atoms with Crippen LogP contribution in [0.3, 0.4) is 0 Å². The number of anilines is 1. The van der Waals surface area contributed by atoms with Crippen LogP contribution in [0.1, 0.15) is 22.6 Å². The van der Waals surface area contributed by atoms with Gasteiger partial charge in [-0.1, -0.05) is 59.6 Å². The molecule has 0 spiro atoms. The van der Waals surface area contributed by atoms with Crippen LogP contribution >= 0.6 is 23.2 Å². The van der Waals surface area contributed by atoms with Crippen LogP contribution in [0.4, 0.5) is 5.95 Å². The Kier molecular flexibility index (Phi) is 6.49. The molecule has 1 aliphatic rings. The lowest BCUT2D eigenvalue weighted by molar-refractivity contribution is 0.317. The fourth-order valence-corrected chi connectivity index (χ4v) is 4.26. The molecular formula is C23H21Cl2N5. The molecule has 2 atom stereocenters. The van der Waals surface area contributed by atoms with Gasteiger partial charge in [0.15, 0.2) is 0 Å². The van der Waals surface area contributed by atoms with Crippen molar-refractivity contribution >= 4 is 29.2 Å². The first-order chi connectivity index (χ1) is 14.6. The molecule has 0 bridgehead atoms. The third-order valence-electron chi connectivity index (χ3n) is 5.44. The van der Waals surface area contributed by atoms with E-state index in [-0.39, 0.29) is 0 Å². The first-order valence-corrected chi connectivity index (χ1v) is 10.5. The van der Waals surface area contributed by atoms with Crippen LogP contribution in [0.15, 0.2) is 60.9 Å². The highest BCUT2D eigenvalue weighted by Crippen LogP contribution is 2.36. The van der Waals surface area contributed by atoms with E-state index in [4.69, 9.17) is 28.5 Å². The molecule has 30 heavy (non-hydrogen) atoms. The Morgan fingerprint density at radius 2 is 1.80 bits per heavy atom. The SMILES string of the molecule is N#Cc1cnc(NCC2CN(Cc3ccccc3)CC2c2ccc(Cl)c(Cl)c2)nc1. The van der Waals surface area contributed by atoms with E-state index in [0.29, 0.717) is 33.4 Å². The summed E-state index contributed by atoms with van der Waals surface area (Å²) in [5, 5.41) is 13.4. The molecule has 1 aliphatic heterocycles. The molecule has 7 heteroatoms. The number of likely N-dealkylation sites (tertiary alicyclic amines) is 1. The van der Waals surface area contributed by atoms with Gasteiger partial charge in [-0.15, -0.1) is 0 Å². The molecule has 5 nitrogen and oxygen atoms in total. The molecule has 0 saturated carbocycles. The third kappa shape index (κ3) is 4.91. The molecular weight excluding hydrogens is 417 g/mol. The van der Waals surface area contributed by atoms with Gasteiger partial charge in [0, 0.05) is 32.1 Å². The first kappa shape index (κ1) is 20.6. The number of halogens is 2. The predicted molar refractivity (Wildman–Crippen MR) is 120 cm³/mol. The maximum atomic E-state index is 8.91. The second-order valence-corrected chi connectivity index (χ2v) is 8.32. The lowest BCUT2D eigenvalue weighted by atomic mass is 9.89. The van der Waals surface area contributed by atoms with Crippen LogP contribution in [-0.2, 0) is 6.54 Å². The molecule has 3 aromatic rings. The highest BCUT2D eigenvalue weighted by molar-refractivity contribution is 6.42. The maximum Gasteiger partial charge on any atom is 0.222 e. The number of aromatic nitrogens is 2. The maximum absolute atomic E-state index is 8.91. The van der Waals surface area contributed by atoms with Gasteiger partial charge in [0.25, 0.3) is 0 Å². The van der Waals surface area contributed by atoms with Gasteiger partial charge in [-0.2, -0.15) is 5.26 Å². The minimum atomic E-state index is 0.314. The summed E-state index contributed by atoms with van der Waals surface area (Å²) in [6.45, 7) is 3.52. The highest BCUT2D eigenvalue weighted by Gasteiger charge is 2.34. The van der Waals surface area contributed by atoms with Gasteiger partial charge in [-0.25, -0.2) is 9.97 Å². The van der Waals surface area contributed by atoms with Gasteiger partial charge in [0.2, 0.25) is 5.95 Å². The van der Waals surface area contributed by atoms with Crippen LogP contribution < -0.4 is 5.32 Å². The van der Waals surface area contributed by atoms with Crippen molar-refractivity contribution in [2.24, 2.45) is 5.92 Å². The molecule has 4 rings (SSSR count). The minimum Gasteiger partial charge on any atom is -0.354 e. The van der Waals surface area contributed by atoms with E-state index >= 15 is 0 Å². The Bertz CT molecular complexity index is 1030. The zero-order valence-corrected chi connectivity index (χ0v) is 17.8. The summed E-state index contributed by atoms with van der Waals surface area (Å²) >= 11 is 12.4. The van der Waals surface area contributed by atoms with Crippen LogP contribution in [0.2, 0.25) is 10.0 Å². The summed E-state index contributed by atoms with van der Waals surface area (Å²) in [5.41, 5.74) is 2.94. The molecule has 152 valence electrons. The van der Waals surface area contributed by atoms with E-state index in [1.165, 1.54) is 23.5 Å². The zero-order chi connectivity index (χ0) is 20.9. The molecule has 1 saturated heterocycles. The molecule has 2 aromatic carbocycles. The number of hydrogen-bond donors (Lipinski definition) is 1. The van der Waals surface area contributed by atoms with Gasteiger partial charge in [0.1, 0.15) is 6.07 Å². The summed E-state index contributed by atoms with van der Waals surface area (Å²) in [5.74, 6) is 1.20. The first-order valence-electron chi connectivity index (χ1n) is 9.79. The number of nitrogens with zero attached hydrogens (tertiary/aromatic N) is 4. The third-order valence-corrected chi connectivity index (χ3v) is 6.18. The molecule has 0 aliphatic carbocycles. The predicted octanol–water partition coefficient (Wildman–Crippen LogP) is 4.98. The monoisotopic (exact) mass is 437 g/mol. The average molecular weight is 438 g/mol. The summed E-state index contributed by atoms with van der Waals surface area (Å²) in [4.78, 5) is 10.9. The highest BCUT2D eigenvalue weighted by atomic mass is 35.5. The van der Waals surface area contributed by atoms with E-state index < -0.39 is 0 Å². The number of nitriles is 1. The van der Waals surface area contributed by atoms with Gasteiger partial charge in [0.05, 0.1) is 28.0 Å². The standard InChI is InChI=1S/C23H21Cl2N5/c24-21-7-6-18(8-22(21)25)20-15-30(13-16-4-2-1-3-5-16)14-19(20)12-29-23-27-10-17(9-26)11-28-23/h1-8,10-11,19-20H,12-15H2,(H,27,28,29). The number of benzene rings is 2. The molecule has 1 N–H and O–H groups in total. The van der Waals surface area contributed by atoms with Crippen molar-refractivity contribution in [2.75, 3.05) is 25.0 Å². The van der Waals surface area contributed by atoms with Crippen molar-refractivity contribution in [3.8, 4) is 6.07 Å². The van der Waals surface area contributed by atoms with Gasteiger partial charge in [-0.05, 0) is 29.2 Å². The lowest BCUT2D eigenvalue weighted by Crippen LogP contribution is -2.23. The van der Waals surface area contributed by atoms with Gasteiger partial charge >= 0.3 is 0 Å². The van der Waals surface area contributed by atoms with Crippen molar-refractivity contribution in [3.63, 3.8) is 0 Å². The Morgan fingerprint density at radius 3 is 2.50 bits per heavy atom. The number of hydrogen-bond acceptors (Lipinski definition) is 5. The molecule has 1 fully saturated rings. The molecule has 0 amide bonds. The summed E-state index contributed by atoms with van der Waals surface area (Å²) in [6.07, 6.45) is 3.06. The largest absolute Gasteiger partial charge is 0.354 e. The lowest BCUT2D eigenvalue weighted by Gasteiger charge is -2.19. The fourth-order valence-electron chi connectivity index (χ4n) is 3.96. The minimum absolute atomic E-state index is 0.314. The Morgan fingerprint density at radius 1 is 1.03 bits per heavy atom. The Labute approximate surface area is 186 Å². The second-order valence-electron chi connectivity index (χ2n) is 7.51. The van der Waals surface area contributed by atoms with E-state index in [1.807, 2.05) is 24.3 Å². The number of nitrogens with one attached hydrogen (secondary N) is 1.